The maximum absolute atomic E-state index is 11.7. The number of carboxylic acids is 1. The van der Waals surface area contributed by atoms with Crippen molar-refractivity contribution in [3.8, 4) is 11.5 Å². The van der Waals surface area contributed by atoms with E-state index in [0.29, 0.717) is 36.2 Å². The van der Waals surface area contributed by atoms with Crippen LogP contribution in [0.3, 0.4) is 0 Å². The minimum atomic E-state index is -0.914. The van der Waals surface area contributed by atoms with Gasteiger partial charge in [-0.2, -0.15) is 0 Å². The Labute approximate surface area is 375 Å². The highest BCUT2D eigenvalue weighted by atomic mass is 16.5. The van der Waals surface area contributed by atoms with Crippen molar-refractivity contribution in [1.82, 2.24) is 19.1 Å². The number of benzene rings is 4. The van der Waals surface area contributed by atoms with Gasteiger partial charge in [-0.1, -0.05) is 90.1 Å². The van der Waals surface area contributed by atoms with E-state index in [1.54, 1.807) is 24.5 Å². The van der Waals surface area contributed by atoms with E-state index in [9.17, 15) is 14.7 Å². The number of rotatable bonds is 14. The van der Waals surface area contributed by atoms with Crippen LogP contribution in [0.25, 0.3) is 21.8 Å². The molecule has 8 aromatic rings. The van der Waals surface area contributed by atoms with Crippen LogP contribution in [0.1, 0.15) is 95.9 Å². The number of pyridine rings is 2. The van der Waals surface area contributed by atoms with Crippen LogP contribution < -0.4 is 15.2 Å². The van der Waals surface area contributed by atoms with E-state index in [4.69, 9.17) is 15.2 Å². The van der Waals surface area contributed by atoms with Gasteiger partial charge in [0.15, 0.2) is 0 Å². The Balaban J connectivity index is 0.000000191. The lowest BCUT2D eigenvalue weighted by Gasteiger charge is -2.35. The van der Waals surface area contributed by atoms with E-state index in [-0.39, 0.29) is 10.8 Å². The largest absolute Gasteiger partial charge is 0.487 e. The Morgan fingerprint density at radius 3 is 1.38 bits per heavy atom. The summed E-state index contributed by atoms with van der Waals surface area (Å²) in [7, 11) is 3.97. The van der Waals surface area contributed by atoms with E-state index in [1.807, 2.05) is 104 Å². The molecular formula is C54H57N5O5. The third-order valence-corrected chi connectivity index (χ3v) is 13.1. The standard InChI is InChI=1S/C27H29N3O2.C27H28N2O3/c1-18(2)27(3,24-16-30(4)25-15-19(26(28)31)8-13-23(24)25)20-9-11-22(12-10-20)32-17-21-7-5-6-14-29-21;1-18(2)27(3,24-16-29(4)25-15-19(26(30)31)8-13-23(24)25)20-9-11-22(12-10-20)32-17-21-7-5-6-14-28-21/h5-16,18H,17H2,1-4H3,(H2,28,31);5-16,18H,17H2,1-4H3,(H,30,31). The molecule has 2 atom stereocenters. The molecule has 0 spiro atoms. The van der Waals surface area contributed by atoms with Gasteiger partial charge in [-0.15, -0.1) is 0 Å². The zero-order valence-corrected chi connectivity index (χ0v) is 37.9. The molecule has 4 aromatic heterocycles. The molecular weight excluding hydrogens is 799 g/mol. The molecule has 4 heterocycles. The summed E-state index contributed by atoms with van der Waals surface area (Å²) in [6.07, 6.45) is 7.83. The molecule has 4 aromatic carbocycles. The molecule has 0 fully saturated rings. The minimum absolute atomic E-state index is 0.229. The summed E-state index contributed by atoms with van der Waals surface area (Å²) in [6, 6.07) is 39.2. The predicted octanol–water partition coefficient (Wildman–Crippen LogP) is 11.0. The van der Waals surface area contributed by atoms with E-state index >= 15 is 0 Å². The number of fused-ring (bicyclic) bond motifs is 2. The van der Waals surface area contributed by atoms with Gasteiger partial charge in [0.1, 0.15) is 24.7 Å². The molecule has 0 aliphatic heterocycles. The summed E-state index contributed by atoms with van der Waals surface area (Å²) in [5, 5.41) is 11.6. The first-order valence-corrected chi connectivity index (χ1v) is 21.6. The first-order chi connectivity index (χ1) is 30.6. The molecule has 1 amide bonds. The molecule has 2 unspecified atom stereocenters. The summed E-state index contributed by atoms with van der Waals surface area (Å²) in [4.78, 5) is 31.7. The lowest BCUT2D eigenvalue weighted by atomic mass is 9.68. The predicted molar refractivity (Wildman–Crippen MR) is 254 cm³/mol. The number of carbonyl (C=O) groups excluding carboxylic acids is 1. The number of ether oxygens (including phenoxy) is 2. The number of aryl methyl sites for hydroxylation is 2. The van der Waals surface area contributed by atoms with E-state index in [0.717, 1.165) is 44.7 Å². The van der Waals surface area contributed by atoms with Crippen molar-refractivity contribution in [2.24, 2.45) is 31.7 Å². The highest BCUT2D eigenvalue weighted by Gasteiger charge is 2.37. The van der Waals surface area contributed by atoms with Gasteiger partial charge in [-0.3, -0.25) is 14.8 Å². The highest BCUT2D eigenvalue weighted by Crippen LogP contribution is 2.45. The Kier molecular flexibility index (Phi) is 13.1. The van der Waals surface area contributed by atoms with Gasteiger partial charge >= 0.3 is 5.97 Å². The van der Waals surface area contributed by atoms with Gasteiger partial charge in [0.25, 0.3) is 0 Å². The molecule has 0 aliphatic carbocycles. The van der Waals surface area contributed by atoms with Gasteiger partial charge in [0.05, 0.1) is 17.0 Å². The van der Waals surface area contributed by atoms with Crippen molar-refractivity contribution in [2.75, 3.05) is 0 Å². The third kappa shape index (κ3) is 8.99. The Bertz CT molecular complexity index is 2690. The lowest BCUT2D eigenvalue weighted by Crippen LogP contribution is -2.30. The number of hydrogen-bond acceptors (Lipinski definition) is 6. The van der Waals surface area contributed by atoms with Crippen LogP contribution in [0.15, 0.2) is 146 Å². The summed E-state index contributed by atoms with van der Waals surface area (Å²) >= 11 is 0. The Morgan fingerprint density at radius 2 is 1.02 bits per heavy atom. The molecule has 0 saturated carbocycles. The molecule has 328 valence electrons. The van der Waals surface area contributed by atoms with Crippen molar-refractivity contribution < 1.29 is 24.2 Å². The maximum Gasteiger partial charge on any atom is 0.335 e. The van der Waals surface area contributed by atoms with Gasteiger partial charge in [-0.25, -0.2) is 4.79 Å². The monoisotopic (exact) mass is 855 g/mol. The van der Waals surface area contributed by atoms with Crippen LogP contribution in [-0.2, 0) is 38.1 Å². The number of carbonyl (C=O) groups is 2. The van der Waals surface area contributed by atoms with E-state index in [2.05, 4.69) is 92.7 Å². The number of hydrogen-bond donors (Lipinski definition) is 2. The first kappa shape index (κ1) is 44.8. The Hall–Kier alpha value is -7.20. The molecule has 0 aliphatic rings. The highest BCUT2D eigenvalue weighted by molar-refractivity contribution is 5.98. The van der Waals surface area contributed by atoms with Crippen LogP contribution in [0.2, 0.25) is 0 Å². The number of aromatic carboxylic acids is 1. The van der Waals surface area contributed by atoms with Crippen LogP contribution in [0.4, 0.5) is 0 Å². The maximum atomic E-state index is 11.7. The normalized spacial score (nSPS) is 13.3. The van der Waals surface area contributed by atoms with Gasteiger partial charge in [0, 0.05) is 77.1 Å². The summed E-state index contributed by atoms with van der Waals surface area (Å²) in [6.45, 7) is 14.3. The Morgan fingerprint density at radius 1 is 0.609 bits per heavy atom. The fraction of sp³-hybridized carbons (Fsp3) is 0.259. The zero-order chi connectivity index (χ0) is 45.8. The van der Waals surface area contributed by atoms with Crippen LogP contribution >= 0.6 is 0 Å². The molecule has 3 N–H and O–H groups in total. The van der Waals surface area contributed by atoms with E-state index < -0.39 is 11.9 Å². The second-order valence-electron chi connectivity index (χ2n) is 17.4. The number of primary amides is 1. The van der Waals surface area contributed by atoms with Crippen LogP contribution in [0.5, 0.6) is 11.5 Å². The second kappa shape index (κ2) is 18.6. The molecule has 0 radical (unpaired) electrons. The van der Waals surface area contributed by atoms with Crippen molar-refractivity contribution in [2.45, 2.75) is 65.6 Å². The minimum Gasteiger partial charge on any atom is -0.487 e. The van der Waals surface area contributed by atoms with Crippen molar-refractivity contribution in [3.63, 3.8) is 0 Å². The SMILES string of the molecule is CC(C)C(C)(c1ccc(OCc2ccccn2)cc1)c1cn(C)c2cc(C(=O)O)ccc12.CC(C)C(C)(c1ccc(OCc2ccccn2)cc1)c1cn(C)c2cc(C(N)=O)ccc12. The van der Waals surface area contributed by atoms with Crippen LogP contribution in [-0.4, -0.2) is 36.1 Å². The smallest absolute Gasteiger partial charge is 0.335 e. The number of nitrogens with zero attached hydrogens (tertiary/aromatic N) is 4. The van der Waals surface area contributed by atoms with E-state index in [1.165, 1.54) is 22.3 Å². The fourth-order valence-corrected chi connectivity index (χ4v) is 8.56. The van der Waals surface area contributed by atoms with Gasteiger partial charge in [0.2, 0.25) is 5.91 Å². The summed E-state index contributed by atoms with van der Waals surface area (Å²) in [5.74, 6) is 0.936. The van der Waals surface area contributed by atoms with Crippen LogP contribution in [0, 0.1) is 11.8 Å². The fourth-order valence-electron chi connectivity index (χ4n) is 8.56. The quantitative estimate of drug-likeness (QED) is 0.111. The summed E-state index contributed by atoms with van der Waals surface area (Å²) in [5.41, 5.74) is 14.3. The van der Waals surface area contributed by atoms with Gasteiger partial charge in [-0.05, 0) is 107 Å². The topological polar surface area (TPSA) is 134 Å². The number of carboxylic acid groups (broad SMARTS) is 1. The summed E-state index contributed by atoms with van der Waals surface area (Å²) < 4.78 is 15.9. The molecule has 10 heteroatoms. The molecule has 64 heavy (non-hydrogen) atoms. The molecule has 0 saturated heterocycles. The first-order valence-electron chi connectivity index (χ1n) is 21.6. The number of nitrogens with two attached hydrogens (primary N) is 1. The molecule has 8 rings (SSSR count). The molecule has 0 bridgehead atoms. The third-order valence-electron chi connectivity index (χ3n) is 13.1. The van der Waals surface area contributed by atoms with Crippen molar-refractivity contribution >= 4 is 33.7 Å². The average Bonchev–Trinajstić information content (AvgIpc) is 3.83. The van der Waals surface area contributed by atoms with Crippen molar-refractivity contribution in [1.29, 1.82) is 0 Å². The molecule has 10 nitrogen and oxygen atoms in total. The second-order valence-corrected chi connectivity index (χ2v) is 17.4. The average molecular weight is 856 g/mol. The lowest BCUT2D eigenvalue weighted by molar-refractivity contribution is 0.0696. The zero-order valence-electron chi connectivity index (χ0n) is 37.9. The van der Waals surface area contributed by atoms with Crippen molar-refractivity contribution in [3.05, 3.63) is 191 Å². The number of aromatic nitrogens is 4. The number of amides is 1. The van der Waals surface area contributed by atoms with Gasteiger partial charge < -0.3 is 29.4 Å².